The third-order valence-electron chi connectivity index (χ3n) is 4.04. The number of anilines is 2. The molecule has 1 aliphatic heterocycles. The Morgan fingerprint density at radius 3 is 2.62 bits per heavy atom. The maximum atomic E-state index is 12.0. The summed E-state index contributed by atoms with van der Waals surface area (Å²) < 4.78 is 0. The maximum absolute atomic E-state index is 12.0. The first-order valence-corrected chi connectivity index (χ1v) is 7.43. The number of nitrogens with zero attached hydrogens (tertiary/aromatic N) is 2. The zero-order valence-electron chi connectivity index (χ0n) is 13.0. The summed E-state index contributed by atoms with van der Waals surface area (Å²) in [6, 6.07) is 7.75. The number of aliphatic hydroxyl groups is 1. The Morgan fingerprint density at radius 1 is 1.38 bits per heavy atom. The van der Waals surface area contributed by atoms with Crippen molar-refractivity contribution in [1.29, 1.82) is 0 Å². The van der Waals surface area contributed by atoms with E-state index in [-0.39, 0.29) is 12.0 Å². The molecule has 0 aliphatic carbocycles. The third kappa shape index (κ3) is 4.44. The maximum Gasteiger partial charge on any atom is 0.238 e. The molecule has 0 spiro atoms. The van der Waals surface area contributed by atoms with Crippen LogP contribution >= 0.6 is 0 Å². The van der Waals surface area contributed by atoms with Gasteiger partial charge in [0.15, 0.2) is 0 Å². The van der Waals surface area contributed by atoms with E-state index in [0.29, 0.717) is 19.0 Å². The van der Waals surface area contributed by atoms with E-state index in [9.17, 15) is 9.90 Å². The molecule has 2 unspecified atom stereocenters. The van der Waals surface area contributed by atoms with Crippen LogP contribution in [0.4, 0.5) is 11.4 Å². The predicted molar refractivity (Wildman–Crippen MR) is 85.6 cm³/mol. The van der Waals surface area contributed by atoms with Crippen molar-refractivity contribution in [3.8, 4) is 0 Å². The minimum Gasteiger partial charge on any atom is -0.392 e. The van der Waals surface area contributed by atoms with Crippen molar-refractivity contribution in [2.24, 2.45) is 5.92 Å². The number of hydrogen-bond acceptors (Lipinski definition) is 4. The van der Waals surface area contributed by atoms with Gasteiger partial charge in [0, 0.05) is 32.0 Å². The lowest BCUT2D eigenvalue weighted by atomic mass is 9.96. The lowest BCUT2D eigenvalue weighted by molar-refractivity contribution is -0.118. The fraction of sp³-hybridized carbons (Fsp3) is 0.562. The summed E-state index contributed by atoms with van der Waals surface area (Å²) in [6.07, 6.45) is 0.609. The van der Waals surface area contributed by atoms with Crippen molar-refractivity contribution in [1.82, 2.24) is 4.90 Å². The highest BCUT2D eigenvalue weighted by Crippen LogP contribution is 2.18. The van der Waals surface area contributed by atoms with Gasteiger partial charge >= 0.3 is 0 Å². The fourth-order valence-corrected chi connectivity index (χ4v) is 2.50. The van der Waals surface area contributed by atoms with Crippen molar-refractivity contribution in [3.05, 3.63) is 24.3 Å². The highest BCUT2D eigenvalue weighted by molar-refractivity contribution is 5.92. The van der Waals surface area contributed by atoms with Crippen molar-refractivity contribution >= 4 is 17.3 Å². The molecule has 2 atom stereocenters. The minimum atomic E-state index is -0.328. The second-order valence-corrected chi connectivity index (χ2v) is 6.06. The molecule has 0 bridgehead atoms. The summed E-state index contributed by atoms with van der Waals surface area (Å²) in [5.41, 5.74) is 1.90. The van der Waals surface area contributed by atoms with Crippen LogP contribution in [0.3, 0.4) is 0 Å². The molecule has 21 heavy (non-hydrogen) atoms. The highest BCUT2D eigenvalue weighted by atomic mass is 16.3. The topological polar surface area (TPSA) is 55.8 Å². The predicted octanol–water partition coefficient (Wildman–Crippen LogP) is 1.39. The van der Waals surface area contributed by atoms with Crippen molar-refractivity contribution in [2.45, 2.75) is 19.4 Å². The summed E-state index contributed by atoms with van der Waals surface area (Å²) in [5, 5.41) is 12.8. The Kier molecular flexibility index (Phi) is 5.20. The molecule has 1 aromatic carbocycles. The molecule has 0 radical (unpaired) electrons. The molecule has 1 fully saturated rings. The Labute approximate surface area is 126 Å². The van der Waals surface area contributed by atoms with Crippen LogP contribution in [0.5, 0.6) is 0 Å². The van der Waals surface area contributed by atoms with Gasteiger partial charge in [-0.3, -0.25) is 9.69 Å². The van der Waals surface area contributed by atoms with Gasteiger partial charge in [0.2, 0.25) is 5.91 Å². The van der Waals surface area contributed by atoms with E-state index in [2.05, 4.69) is 5.32 Å². The number of carbonyl (C=O) groups excluding carboxylic acids is 1. The van der Waals surface area contributed by atoms with Crippen LogP contribution in [0.15, 0.2) is 24.3 Å². The van der Waals surface area contributed by atoms with Gasteiger partial charge in [-0.1, -0.05) is 6.92 Å². The number of piperidine rings is 1. The first-order valence-electron chi connectivity index (χ1n) is 7.43. The molecule has 2 rings (SSSR count). The Morgan fingerprint density at radius 2 is 2.05 bits per heavy atom. The van der Waals surface area contributed by atoms with E-state index in [1.165, 1.54) is 0 Å². The van der Waals surface area contributed by atoms with Crippen molar-refractivity contribution in [2.75, 3.05) is 43.9 Å². The summed E-state index contributed by atoms with van der Waals surface area (Å²) in [6.45, 7) is 3.83. The summed E-state index contributed by atoms with van der Waals surface area (Å²) >= 11 is 0. The van der Waals surface area contributed by atoms with Gasteiger partial charge in [0.25, 0.3) is 0 Å². The number of hydrogen-bond donors (Lipinski definition) is 2. The fourth-order valence-electron chi connectivity index (χ4n) is 2.50. The molecule has 2 N–H and O–H groups in total. The molecular formula is C16H25N3O2. The quantitative estimate of drug-likeness (QED) is 0.880. The second-order valence-electron chi connectivity index (χ2n) is 6.06. The monoisotopic (exact) mass is 291 g/mol. The Hall–Kier alpha value is -1.59. The number of β-amino-alcohol motifs (C(OH)–C–C–N with tert-alkyl or cyclic N) is 1. The van der Waals surface area contributed by atoms with E-state index in [1.54, 1.807) is 0 Å². The van der Waals surface area contributed by atoms with Gasteiger partial charge in [-0.05, 0) is 43.1 Å². The number of amides is 1. The molecule has 1 heterocycles. The smallest absolute Gasteiger partial charge is 0.238 e. The van der Waals surface area contributed by atoms with Gasteiger partial charge in [0.1, 0.15) is 0 Å². The average molecular weight is 291 g/mol. The largest absolute Gasteiger partial charge is 0.392 e. The van der Waals surface area contributed by atoms with Gasteiger partial charge in [-0.25, -0.2) is 0 Å². The lowest BCUT2D eigenvalue weighted by Gasteiger charge is -2.33. The molecule has 0 aromatic heterocycles. The molecule has 5 heteroatoms. The molecule has 1 aliphatic rings. The minimum absolute atomic E-state index is 0.0330. The molecule has 1 saturated heterocycles. The summed E-state index contributed by atoms with van der Waals surface area (Å²) in [7, 11) is 3.96. The molecule has 116 valence electrons. The van der Waals surface area contributed by atoms with Crippen LogP contribution in [0, 0.1) is 5.92 Å². The van der Waals surface area contributed by atoms with Gasteiger partial charge in [0.05, 0.1) is 12.6 Å². The summed E-state index contributed by atoms with van der Waals surface area (Å²) in [4.78, 5) is 16.1. The van der Waals surface area contributed by atoms with E-state index >= 15 is 0 Å². The number of likely N-dealkylation sites (tertiary alicyclic amines) is 1. The van der Waals surface area contributed by atoms with E-state index < -0.39 is 0 Å². The Balaban J connectivity index is 1.84. The number of benzene rings is 1. The molecule has 5 nitrogen and oxygen atoms in total. The van der Waals surface area contributed by atoms with Crippen LogP contribution in [0.25, 0.3) is 0 Å². The molecular weight excluding hydrogens is 266 g/mol. The second kappa shape index (κ2) is 6.91. The van der Waals surface area contributed by atoms with Gasteiger partial charge < -0.3 is 15.3 Å². The van der Waals surface area contributed by atoms with Crippen molar-refractivity contribution in [3.63, 3.8) is 0 Å². The number of nitrogens with one attached hydrogen (secondary N) is 1. The van der Waals surface area contributed by atoms with Gasteiger partial charge in [-0.15, -0.1) is 0 Å². The molecule has 0 saturated carbocycles. The summed E-state index contributed by atoms with van der Waals surface area (Å²) in [5.74, 6) is 0.289. The average Bonchev–Trinajstić information content (AvgIpc) is 2.43. The number of aliphatic hydroxyl groups excluding tert-OH is 1. The normalized spacial score (nSPS) is 22.9. The van der Waals surface area contributed by atoms with Crippen LogP contribution in [-0.4, -0.2) is 55.7 Å². The van der Waals surface area contributed by atoms with Crippen LogP contribution in [0.1, 0.15) is 13.3 Å². The first-order chi connectivity index (χ1) is 9.95. The number of rotatable bonds is 4. The van der Waals surface area contributed by atoms with Crippen LogP contribution in [0.2, 0.25) is 0 Å². The van der Waals surface area contributed by atoms with E-state index in [0.717, 1.165) is 24.3 Å². The highest BCUT2D eigenvalue weighted by Gasteiger charge is 2.25. The third-order valence-corrected chi connectivity index (χ3v) is 4.04. The van der Waals surface area contributed by atoms with Crippen LogP contribution < -0.4 is 10.2 Å². The van der Waals surface area contributed by atoms with Crippen LogP contribution in [-0.2, 0) is 4.79 Å². The first kappa shape index (κ1) is 15.8. The SMILES string of the molecule is CC1CCN(CC(=O)Nc2ccc(N(C)C)cc2)CC1O. The van der Waals surface area contributed by atoms with Crippen molar-refractivity contribution < 1.29 is 9.90 Å². The van der Waals surface area contributed by atoms with Gasteiger partial charge in [-0.2, -0.15) is 0 Å². The zero-order valence-corrected chi connectivity index (χ0v) is 13.0. The molecule has 1 aromatic rings. The van der Waals surface area contributed by atoms with E-state index in [4.69, 9.17) is 0 Å². The zero-order chi connectivity index (χ0) is 15.4. The standard InChI is InChI=1S/C16H25N3O2/c1-12-8-9-19(10-15(12)20)11-16(21)17-13-4-6-14(7-5-13)18(2)3/h4-7,12,15,20H,8-11H2,1-3H3,(H,17,21). The Bertz CT molecular complexity index is 473. The lowest BCUT2D eigenvalue weighted by Crippen LogP contribution is -2.45. The number of carbonyl (C=O) groups is 1. The van der Waals surface area contributed by atoms with E-state index in [1.807, 2.05) is 55.1 Å². The molecule has 1 amide bonds.